The number of nitrogens with one attached hydrogen (secondary N) is 1. The maximum atomic E-state index is 12.2. The zero-order chi connectivity index (χ0) is 17.2. The Morgan fingerprint density at radius 1 is 1.09 bits per heavy atom. The van der Waals surface area contributed by atoms with E-state index in [-0.39, 0.29) is 17.0 Å². The number of amides is 1. The van der Waals surface area contributed by atoms with Gasteiger partial charge in [-0.15, -0.1) is 0 Å². The van der Waals surface area contributed by atoms with Crippen LogP contribution in [0.15, 0.2) is 42.5 Å². The van der Waals surface area contributed by atoms with Gasteiger partial charge < -0.3 is 5.32 Å². The van der Waals surface area contributed by atoms with Gasteiger partial charge in [-0.3, -0.25) is 14.9 Å². The van der Waals surface area contributed by atoms with Gasteiger partial charge in [-0.1, -0.05) is 32.9 Å². The molecule has 5 nitrogen and oxygen atoms in total. The van der Waals surface area contributed by atoms with E-state index in [1.807, 2.05) is 24.3 Å². The molecular formula is C18H20N2O3. The van der Waals surface area contributed by atoms with Gasteiger partial charge in [-0.05, 0) is 42.2 Å². The Kier molecular flexibility index (Phi) is 4.50. The van der Waals surface area contributed by atoms with Gasteiger partial charge in [-0.25, -0.2) is 0 Å². The van der Waals surface area contributed by atoms with Gasteiger partial charge in [0.25, 0.3) is 11.6 Å². The number of benzene rings is 2. The number of nitro groups is 1. The zero-order valence-electron chi connectivity index (χ0n) is 13.7. The van der Waals surface area contributed by atoms with Crippen LogP contribution in [0.1, 0.15) is 42.3 Å². The van der Waals surface area contributed by atoms with Gasteiger partial charge in [0.15, 0.2) is 0 Å². The van der Waals surface area contributed by atoms with E-state index in [1.54, 1.807) is 6.92 Å². The third-order valence-electron chi connectivity index (χ3n) is 3.66. The number of anilines is 1. The van der Waals surface area contributed by atoms with Crippen LogP contribution < -0.4 is 5.32 Å². The lowest BCUT2D eigenvalue weighted by molar-refractivity contribution is -0.385. The first kappa shape index (κ1) is 16.7. The van der Waals surface area contributed by atoms with Crippen molar-refractivity contribution in [2.75, 3.05) is 5.32 Å². The molecule has 5 heteroatoms. The average Bonchev–Trinajstić information content (AvgIpc) is 2.46. The minimum Gasteiger partial charge on any atom is -0.322 e. The van der Waals surface area contributed by atoms with Crippen LogP contribution in [0, 0.1) is 17.0 Å². The molecular weight excluding hydrogens is 292 g/mol. The molecule has 1 amide bonds. The maximum Gasteiger partial charge on any atom is 0.272 e. The van der Waals surface area contributed by atoms with E-state index in [4.69, 9.17) is 0 Å². The van der Waals surface area contributed by atoms with Crippen molar-refractivity contribution in [2.24, 2.45) is 0 Å². The van der Waals surface area contributed by atoms with Crippen molar-refractivity contribution in [1.82, 2.24) is 0 Å². The first-order valence-electron chi connectivity index (χ1n) is 7.35. The van der Waals surface area contributed by atoms with Crippen molar-refractivity contribution in [1.29, 1.82) is 0 Å². The molecule has 0 fully saturated rings. The van der Waals surface area contributed by atoms with Crippen molar-refractivity contribution in [3.63, 3.8) is 0 Å². The van der Waals surface area contributed by atoms with E-state index < -0.39 is 4.92 Å². The van der Waals surface area contributed by atoms with E-state index in [0.717, 1.165) is 0 Å². The van der Waals surface area contributed by atoms with Crippen molar-refractivity contribution in [2.45, 2.75) is 33.1 Å². The van der Waals surface area contributed by atoms with Gasteiger partial charge in [-0.2, -0.15) is 0 Å². The third kappa shape index (κ3) is 3.94. The van der Waals surface area contributed by atoms with E-state index in [1.165, 1.54) is 23.8 Å². The third-order valence-corrected chi connectivity index (χ3v) is 3.66. The van der Waals surface area contributed by atoms with E-state index in [0.29, 0.717) is 16.8 Å². The highest BCUT2D eigenvalue weighted by molar-refractivity contribution is 6.04. The summed E-state index contributed by atoms with van der Waals surface area (Å²) in [5.41, 5.74) is 2.80. The second-order valence-electron chi connectivity index (χ2n) is 6.54. The molecule has 0 unspecified atom stereocenters. The summed E-state index contributed by atoms with van der Waals surface area (Å²) < 4.78 is 0. The lowest BCUT2D eigenvalue weighted by atomic mass is 9.87. The summed E-state index contributed by atoms with van der Waals surface area (Å²) in [4.78, 5) is 22.6. The molecule has 0 heterocycles. The molecule has 2 rings (SSSR count). The number of nitro benzene ring substituents is 1. The van der Waals surface area contributed by atoms with Crippen molar-refractivity contribution >= 4 is 17.3 Å². The molecule has 0 aliphatic rings. The normalized spacial score (nSPS) is 11.1. The predicted molar refractivity (Wildman–Crippen MR) is 90.9 cm³/mol. The van der Waals surface area contributed by atoms with Crippen LogP contribution in [-0.2, 0) is 5.41 Å². The Labute approximate surface area is 135 Å². The molecule has 0 saturated carbocycles. The topological polar surface area (TPSA) is 72.2 Å². The molecule has 2 aromatic rings. The van der Waals surface area contributed by atoms with Crippen LogP contribution in [0.4, 0.5) is 11.4 Å². The number of rotatable bonds is 3. The summed E-state index contributed by atoms with van der Waals surface area (Å²) in [6, 6.07) is 12.0. The highest BCUT2D eigenvalue weighted by Crippen LogP contribution is 2.24. The molecule has 0 saturated heterocycles. The Bertz CT molecular complexity index is 744. The fraction of sp³-hybridized carbons (Fsp3) is 0.278. The summed E-state index contributed by atoms with van der Waals surface area (Å²) >= 11 is 0. The maximum absolute atomic E-state index is 12.2. The van der Waals surface area contributed by atoms with Crippen LogP contribution in [0.2, 0.25) is 0 Å². The summed E-state index contributed by atoms with van der Waals surface area (Å²) in [5, 5.41) is 13.6. The summed E-state index contributed by atoms with van der Waals surface area (Å²) in [5.74, 6) is -0.286. The van der Waals surface area contributed by atoms with Gasteiger partial charge in [0.05, 0.1) is 4.92 Å². The molecule has 0 spiro atoms. The second-order valence-corrected chi connectivity index (χ2v) is 6.54. The summed E-state index contributed by atoms with van der Waals surface area (Å²) in [7, 11) is 0. The molecule has 23 heavy (non-hydrogen) atoms. The van der Waals surface area contributed by atoms with Gasteiger partial charge in [0, 0.05) is 22.9 Å². The van der Waals surface area contributed by atoms with Crippen LogP contribution in [0.5, 0.6) is 0 Å². The SMILES string of the molecule is Cc1cc(C(=O)Nc2ccc(C(C)(C)C)cc2)ccc1[N+](=O)[O-]. The molecule has 1 N–H and O–H groups in total. The molecule has 0 aliphatic heterocycles. The largest absolute Gasteiger partial charge is 0.322 e. The minimum atomic E-state index is -0.456. The van der Waals surface area contributed by atoms with Gasteiger partial charge >= 0.3 is 0 Å². The average molecular weight is 312 g/mol. The van der Waals surface area contributed by atoms with E-state index >= 15 is 0 Å². The lowest BCUT2D eigenvalue weighted by Crippen LogP contribution is -2.14. The number of nitrogens with zero attached hydrogens (tertiary/aromatic N) is 1. The Hall–Kier alpha value is -2.69. The quantitative estimate of drug-likeness (QED) is 0.672. The Morgan fingerprint density at radius 2 is 1.70 bits per heavy atom. The first-order valence-corrected chi connectivity index (χ1v) is 7.35. The fourth-order valence-corrected chi connectivity index (χ4v) is 2.26. The lowest BCUT2D eigenvalue weighted by Gasteiger charge is -2.19. The minimum absolute atomic E-state index is 0.0103. The molecule has 0 aromatic heterocycles. The standard InChI is InChI=1S/C18H20N2O3/c1-12-11-13(5-10-16(12)20(22)23)17(21)19-15-8-6-14(7-9-15)18(2,3)4/h5-11H,1-4H3,(H,19,21). The molecule has 2 aromatic carbocycles. The van der Waals surface area contributed by atoms with Crippen LogP contribution in [0.25, 0.3) is 0 Å². The van der Waals surface area contributed by atoms with Crippen LogP contribution in [0.3, 0.4) is 0 Å². The summed E-state index contributed by atoms with van der Waals surface area (Å²) in [6.07, 6.45) is 0. The Morgan fingerprint density at radius 3 is 2.17 bits per heavy atom. The molecule has 0 atom stereocenters. The van der Waals surface area contributed by atoms with Crippen molar-refractivity contribution in [3.8, 4) is 0 Å². The van der Waals surface area contributed by atoms with Crippen molar-refractivity contribution < 1.29 is 9.72 Å². The molecule has 0 aliphatic carbocycles. The molecule has 0 radical (unpaired) electrons. The molecule has 120 valence electrons. The van der Waals surface area contributed by atoms with Crippen LogP contribution >= 0.6 is 0 Å². The summed E-state index contributed by atoms with van der Waals surface area (Å²) in [6.45, 7) is 7.99. The van der Waals surface area contributed by atoms with E-state index in [9.17, 15) is 14.9 Å². The van der Waals surface area contributed by atoms with Crippen LogP contribution in [-0.4, -0.2) is 10.8 Å². The number of carbonyl (C=O) groups excluding carboxylic acids is 1. The second kappa shape index (κ2) is 6.20. The zero-order valence-corrected chi connectivity index (χ0v) is 13.7. The number of carbonyl (C=O) groups is 1. The van der Waals surface area contributed by atoms with Crippen molar-refractivity contribution in [3.05, 3.63) is 69.3 Å². The predicted octanol–water partition coefficient (Wildman–Crippen LogP) is 4.45. The number of hydrogen-bond acceptors (Lipinski definition) is 3. The first-order chi connectivity index (χ1) is 10.7. The fourth-order valence-electron chi connectivity index (χ4n) is 2.26. The molecule has 0 bridgehead atoms. The Balaban J connectivity index is 2.16. The monoisotopic (exact) mass is 312 g/mol. The van der Waals surface area contributed by atoms with E-state index in [2.05, 4.69) is 26.1 Å². The number of aryl methyl sites for hydroxylation is 1. The highest BCUT2D eigenvalue weighted by atomic mass is 16.6. The number of hydrogen-bond donors (Lipinski definition) is 1. The smallest absolute Gasteiger partial charge is 0.272 e. The van der Waals surface area contributed by atoms with Gasteiger partial charge in [0.1, 0.15) is 0 Å². The van der Waals surface area contributed by atoms with Gasteiger partial charge in [0.2, 0.25) is 0 Å². The highest BCUT2D eigenvalue weighted by Gasteiger charge is 2.15.